The number of hydrogen-bond donors (Lipinski definition) is 2. The van der Waals surface area contributed by atoms with Crippen LogP contribution in [0.1, 0.15) is 29.0 Å². The van der Waals surface area contributed by atoms with Gasteiger partial charge < -0.3 is 15.5 Å². The van der Waals surface area contributed by atoms with Gasteiger partial charge in [-0.05, 0) is 37.1 Å². The molecule has 2 atom stereocenters. The van der Waals surface area contributed by atoms with E-state index in [4.69, 9.17) is 5.10 Å². The molecule has 3 aliphatic heterocycles. The largest absolute Gasteiger partial charge is 0.349 e. The number of nitrogens with one attached hydrogen (secondary N) is 2. The molecule has 0 aliphatic carbocycles. The Bertz CT molecular complexity index is 1100. The third kappa shape index (κ3) is 2.70. The van der Waals surface area contributed by atoms with Crippen LogP contribution in [0.2, 0.25) is 0 Å². The van der Waals surface area contributed by atoms with Crippen LogP contribution in [-0.4, -0.2) is 50.5 Å². The van der Waals surface area contributed by atoms with Crippen LogP contribution in [0.4, 0.5) is 11.5 Å². The number of rotatable bonds is 3. The fraction of sp³-hybridized carbons (Fsp3) is 0.368. The van der Waals surface area contributed by atoms with Gasteiger partial charge in [0.05, 0.1) is 11.2 Å². The summed E-state index contributed by atoms with van der Waals surface area (Å²) in [7, 11) is 1.71. The first kappa shape index (κ1) is 16.8. The van der Waals surface area contributed by atoms with E-state index >= 15 is 0 Å². The molecule has 0 aromatic carbocycles. The normalized spacial score (nSPS) is 21.1. The second kappa shape index (κ2) is 6.35. The fourth-order valence-corrected chi connectivity index (χ4v) is 4.14. The van der Waals surface area contributed by atoms with Crippen LogP contribution in [0, 0.1) is 11.3 Å². The molecular weight excluding hydrogens is 356 g/mol. The molecule has 142 valence electrons. The first-order chi connectivity index (χ1) is 13.6. The molecule has 3 aromatic rings. The van der Waals surface area contributed by atoms with Gasteiger partial charge in [0.1, 0.15) is 17.6 Å². The van der Waals surface area contributed by atoms with Crippen molar-refractivity contribution in [1.29, 1.82) is 5.26 Å². The van der Waals surface area contributed by atoms with Crippen molar-refractivity contribution in [3.05, 3.63) is 41.9 Å². The molecule has 9 heteroatoms. The van der Waals surface area contributed by atoms with E-state index in [0.717, 1.165) is 30.8 Å². The molecule has 2 N–H and O–H groups in total. The van der Waals surface area contributed by atoms with Crippen LogP contribution >= 0.6 is 0 Å². The Morgan fingerprint density at radius 3 is 2.86 bits per heavy atom. The molecule has 1 amide bonds. The summed E-state index contributed by atoms with van der Waals surface area (Å²) in [4.78, 5) is 15.2. The summed E-state index contributed by atoms with van der Waals surface area (Å²) in [5.74, 6) is 0.559. The lowest BCUT2D eigenvalue weighted by Gasteiger charge is -2.46. The number of piperazine rings is 1. The van der Waals surface area contributed by atoms with E-state index in [9.17, 15) is 10.1 Å². The zero-order chi connectivity index (χ0) is 19.3. The number of fused-ring (bicyclic) bond motifs is 4. The molecule has 2 bridgehead atoms. The van der Waals surface area contributed by atoms with Gasteiger partial charge in [-0.2, -0.15) is 10.4 Å². The number of carbonyl (C=O) groups excluding carboxylic acids is 1. The number of anilines is 2. The van der Waals surface area contributed by atoms with Crippen molar-refractivity contribution >= 4 is 22.9 Å². The molecule has 28 heavy (non-hydrogen) atoms. The van der Waals surface area contributed by atoms with Gasteiger partial charge in [0.15, 0.2) is 5.69 Å². The van der Waals surface area contributed by atoms with Crippen LogP contribution < -0.4 is 15.5 Å². The van der Waals surface area contributed by atoms with E-state index < -0.39 is 0 Å². The minimum Gasteiger partial charge on any atom is -0.349 e. The Morgan fingerprint density at radius 1 is 1.29 bits per heavy atom. The quantitative estimate of drug-likeness (QED) is 0.710. The van der Waals surface area contributed by atoms with Gasteiger partial charge in [-0.1, -0.05) is 0 Å². The van der Waals surface area contributed by atoms with E-state index in [-0.39, 0.29) is 11.6 Å². The second-order valence-corrected chi connectivity index (χ2v) is 7.37. The Labute approximate surface area is 161 Å². The highest BCUT2D eigenvalue weighted by Gasteiger charge is 2.34. The van der Waals surface area contributed by atoms with E-state index in [2.05, 4.69) is 20.6 Å². The summed E-state index contributed by atoms with van der Waals surface area (Å²) >= 11 is 0. The first-order valence-corrected chi connectivity index (χ1v) is 9.36. The highest BCUT2D eigenvalue weighted by Crippen LogP contribution is 2.27. The molecule has 6 heterocycles. The lowest BCUT2D eigenvalue weighted by molar-refractivity contribution is 0.102. The SMILES string of the molecule is Cn1cc(NC(=O)c2ccc3ccc(N4C[C@@H]5CC[C@H]4CN5)nn23)c(C#N)n1. The monoisotopic (exact) mass is 376 g/mol. The fourth-order valence-electron chi connectivity index (χ4n) is 4.14. The molecule has 9 nitrogen and oxygen atoms in total. The van der Waals surface area contributed by atoms with Crippen LogP contribution in [0.25, 0.3) is 5.52 Å². The maximum Gasteiger partial charge on any atom is 0.274 e. The van der Waals surface area contributed by atoms with Crippen LogP contribution in [0.15, 0.2) is 30.5 Å². The second-order valence-electron chi connectivity index (χ2n) is 7.37. The van der Waals surface area contributed by atoms with Crippen molar-refractivity contribution < 1.29 is 4.79 Å². The minimum absolute atomic E-state index is 0.183. The lowest BCUT2D eigenvalue weighted by atomic mass is 9.93. The Morgan fingerprint density at radius 2 is 2.14 bits per heavy atom. The van der Waals surface area contributed by atoms with Gasteiger partial charge in [0.2, 0.25) is 0 Å². The smallest absolute Gasteiger partial charge is 0.274 e. The highest BCUT2D eigenvalue weighted by atomic mass is 16.2. The third-order valence-electron chi connectivity index (χ3n) is 5.55. The molecule has 0 spiro atoms. The van der Waals surface area contributed by atoms with Crippen molar-refractivity contribution in [3.63, 3.8) is 0 Å². The zero-order valence-corrected chi connectivity index (χ0v) is 15.5. The lowest BCUT2D eigenvalue weighted by Crippen LogP contribution is -2.61. The van der Waals surface area contributed by atoms with Crippen molar-refractivity contribution in [2.45, 2.75) is 24.9 Å². The summed E-state index contributed by atoms with van der Waals surface area (Å²) in [5, 5.41) is 24.3. The molecule has 0 saturated carbocycles. The average Bonchev–Trinajstić information content (AvgIpc) is 3.31. The van der Waals surface area contributed by atoms with Gasteiger partial charge in [0, 0.05) is 38.4 Å². The van der Waals surface area contributed by atoms with Crippen LogP contribution in [-0.2, 0) is 7.05 Å². The van der Waals surface area contributed by atoms with Crippen molar-refractivity contribution in [3.8, 4) is 6.07 Å². The van der Waals surface area contributed by atoms with Crippen LogP contribution in [0.3, 0.4) is 0 Å². The minimum atomic E-state index is -0.323. The highest BCUT2D eigenvalue weighted by molar-refractivity contribution is 6.04. The molecule has 3 aliphatic rings. The van der Waals surface area contributed by atoms with E-state index in [1.807, 2.05) is 24.3 Å². The number of hydrogen-bond acceptors (Lipinski definition) is 6. The number of aromatic nitrogens is 4. The first-order valence-electron chi connectivity index (χ1n) is 9.36. The number of carbonyl (C=O) groups is 1. The molecule has 3 aromatic heterocycles. The predicted octanol–water partition coefficient (Wildman–Crippen LogP) is 1.13. The standard InChI is InChI=1S/C19H20N8O/c1-25-11-16(15(8-20)23-25)22-19(28)17-6-4-13-5-7-18(24-27(13)17)26-10-12-2-3-14(26)9-21-12/h4-7,11-12,14,21H,2-3,9-10H2,1H3,(H,22,28)/t12-,14-/m0/s1. The molecule has 6 rings (SSSR count). The predicted molar refractivity (Wildman–Crippen MR) is 103 cm³/mol. The topological polar surface area (TPSA) is 103 Å². The maximum atomic E-state index is 12.8. The van der Waals surface area contributed by atoms with Crippen molar-refractivity contribution in [1.82, 2.24) is 24.7 Å². The van der Waals surface area contributed by atoms with Crippen molar-refractivity contribution in [2.75, 3.05) is 23.3 Å². The molecule has 3 saturated heterocycles. The Kier molecular flexibility index (Phi) is 3.80. The Balaban J connectivity index is 1.46. The Hall–Kier alpha value is -3.38. The van der Waals surface area contributed by atoms with E-state index in [1.165, 1.54) is 11.1 Å². The summed E-state index contributed by atoms with van der Waals surface area (Å²) < 4.78 is 3.17. The average molecular weight is 376 g/mol. The molecule has 3 fully saturated rings. The van der Waals surface area contributed by atoms with Gasteiger partial charge in [-0.15, -0.1) is 5.10 Å². The molecule has 0 radical (unpaired) electrons. The summed E-state index contributed by atoms with van der Waals surface area (Å²) in [6.45, 7) is 1.91. The van der Waals surface area contributed by atoms with Gasteiger partial charge in [0.25, 0.3) is 5.91 Å². The van der Waals surface area contributed by atoms with Gasteiger partial charge >= 0.3 is 0 Å². The molecular formula is C19H20N8O. The van der Waals surface area contributed by atoms with E-state index in [1.54, 1.807) is 23.8 Å². The number of nitrogens with zero attached hydrogens (tertiary/aromatic N) is 6. The van der Waals surface area contributed by atoms with Gasteiger partial charge in [-0.3, -0.25) is 9.48 Å². The number of amides is 1. The summed E-state index contributed by atoms with van der Waals surface area (Å²) in [6.07, 6.45) is 3.98. The summed E-state index contributed by atoms with van der Waals surface area (Å²) in [6, 6.07) is 10.6. The number of nitriles is 1. The number of aryl methyl sites for hydroxylation is 1. The van der Waals surface area contributed by atoms with Crippen molar-refractivity contribution in [2.24, 2.45) is 7.05 Å². The van der Waals surface area contributed by atoms with Crippen LogP contribution in [0.5, 0.6) is 0 Å². The maximum absolute atomic E-state index is 12.8. The number of piperidine rings is 2. The summed E-state index contributed by atoms with van der Waals surface area (Å²) in [5.41, 5.74) is 1.84. The zero-order valence-electron chi connectivity index (χ0n) is 15.5. The molecule has 0 unspecified atom stereocenters. The van der Waals surface area contributed by atoms with E-state index in [0.29, 0.717) is 23.5 Å². The third-order valence-corrected chi connectivity index (χ3v) is 5.55. The van der Waals surface area contributed by atoms with Gasteiger partial charge in [-0.25, -0.2) is 4.52 Å².